The molecule has 166 valence electrons. The number of benzene rings is 1. The molecule has 0 saturated carbocycles. The van der Waals surface area contributed by atoms with Gasteiger partial charge in [-0.25, -0.2) is 9.78 Å². The predicted octanol–water partition coefficient (Wildman–Crippen LogP) is 4.17. The van der Waals surface area contributed by atoms with Gasteiger partial charge < -0.3 is 19.8 Å². The maximum absolute atomic E-state index is 12.7. The van der Waals surface area contributed by atoms with Gasteiger partial charge in [-0.2, -0.15) is 0 Å². The van der Waals surface area contributed by atoms with Gasteiger partial charge in [-0.1, -0.05) is 34.6 Å². The lowest BCUT2D eigenvalue weighted by molar-refractivity contribution is -0.0215. The molecule has 1 aliphatic rings. The summed E-state index contributed by atoms with van der Waals surface area (Å²) >= 11 is 6.59. The molecule has 1 aliphatic heterocycles. The van der Waals surface area contributed by atoms with Crippen LogP contribution in [0.4, 0.5) is 10.6 Å². The molecule has 2 aromatic heterocycles. The second-order valence-corrected chi connectivity index (χ2v) is 9.00. The number of hydrogen-bond donors (Lipinski definition) is 1. The van der Waals surface area contributed by atoms with E-state index in [4.69, 9.17) is 27.6 Å². The van der Waals surface area contributed by atoms with Gasteiger partial charge in [0.1, 0.15) is 22.6 Å². The Morgan fingerprint density at radius 2 is 2.16 bits per heavy atom. The van der Waals surface area contributed by atoms with E-state index in [1.54, 1.807) is 13.2 Å². The van der Waals surface area contributed by atoms with E-state index in [9.17, 15) is 4.79 Å². The highest BCUT2D eigenvalue weighted by atomic mass is 35.5. The van der Waals surface area contributed by atoms with Crippen LogP contribution in [-0.2, 0) is 4.74 Å². The van der Waals surface area contributed by atoms with Crippen LogP contribution in [0.1, 0.15) is 33.4 Å². The number of likely N-dealkylation sites (N-methyl/N-ethyl adjacent to an activating group) is 1. The third kappa shape index (κ3) is 3.92. The van der Waals surface area contributed by atoms with Crippen LogP contribution in [0.2, 0.25) is 5.02 Å². The Labute approximate surface area is 191 Å². The van der Waals surface area contributed by atoms with Gasteiger partial charge in [-0.15, -0.1) is 11.5 Å². The molecule has 0 saturated heterocycles. The van der Waals surface area contributed by atoms with Crippen LogP contribution < -0.4 is 10.2 Å². The van der Waals surface area contributed by atoms with Crippen LogP contribution in [0.3, 0.4) is 0 Å². The van der Waals surface area contributed by atoms with E-state index in [-0.39, 0.29) is 0 Å². The Balaban J connectivity index is 1.82. The molecule has 1 N–H and O–H groups in total. The van der Waals surface area contributed by atoms with Crippen molar-refractivity contribution in [3.05, 3.63) is 41.2 Å². The number of carbonyl (C=O) groups excluding carboxylic acids is 1. The quantitative estimate of drug-likeness (QED) is 0.586. The highest BCUT2D eigenvalue weighted by Crippen LogP contribution is 2.37. The van der Waals surface area contributed by atoms with E-state index in [2.05, 4.69) is 21.3 Å². The number of terminal acetylenes is 1. The number of amides is 1. The topological polar surface area (TPSA) is 81.5 Å². The van der Waals surface area contributed by atoms with E-state index < -0.39 is 24.0 Å². The first-order valence-corrected chi connectivity index (χ1v) is 10.5. The zero-order valence-corrected chi connectivity index (χ0v) is 19.3. The standard InChI is InChI=1S/C23H24ClN5O3/c1-7-17-19(24)16-11-18(26-17)27-21(13(2)28(6)22(30)31-23(3,4)5)32-29-20-14(12-25-29)9-8-10-15(16)20/h1,8-13,21H,2-6H3,(H,26,27). The molecule has 0 fully saturated rings. The number of carbonyl (C=O) groups is 1. The smallest absolute Gasteiger partial charge is 0.410 e. The summed E-state index contributed by atoms with van der Waals surface area (Å²) in [4.78, 5) is 26.2. The molecule has 32 heavy (non-hydrogen) atoms. The predicted molar refractivity (Wildman–Crippen MR) is 123 cm³/mol. The number of halogens is 1. The van der Waals surface area contributed by atoms with Crippen LogP contribution in [0.25, 0.3) is 22.0 Å². The van der Waals surface area contributed by atoms with Crippen molar-refractivity contribution in [2.75, 3.05) is 12.4 Å². The molecule has 0 spiro atoms. The van der Waals surface area contributed by atoms with Crippen molar-refractivity contribution in [3.63, 3.8) is 0 Å². The molecule has 9 heteroatoms. The lowest BCUT2D eigenvalue weighted by Gasteiger charge is -2.33. The van der Waals surface area contributed by atoms with Crippen LogP contribution in [0.5, 0.6) is 0 Å². The van der Waals surface area contributed by atoms with Crippen LogP contribution in [0, 0.1) is 12.3 Å². The minimum atomic E-state index is -0.728. The third-order valence-electron chi connectivity index (χ3n) is 5.18. The van der Waals surface area contributed by atoms with Crippen molar-refractivity contribution < 1.29 is 14.4 Å². The van der Waals surface area contributed by atoms with Gasteiger partial charge in [0.2, 0.25) is 6.23 Å². The van der Waals surface area contributed by atoms with Crippen LogP contribution >= 0.6 is 11.6 Å². The first kappa shape index (κ1) is 21.8. The van der Waals surface area contributed by atoms with Gasteiger partial charge in [0.25, 0.3) is 0 Å². The first-order valence-electron chi connectivity index (χ1n) is 10.1. The maximum atomic E-state index is 12.7. The highest BCUT2D eigenvalue weighted by Gasteiger charge is 2.32. The summed E-state index contributed by atoms with van der Waals surface area (Å²) < 4.78 is 5.51. The molecule has 0 radical (unpaired) electrons. The van der Waals surface area contributed by atoms with Gasteiger partial charge in [-0.3, -0.25) is 0 Å². The third-order valence-corrected chi connectivity index (χ3v) is 5.56. The molecule has 3 aromatic rings. The van der Waals surface area contributed by atoms with E-state index in [1.807, 2.05) is 52.0 Å². The fourth-order valence-corrected chi connectivity index (χ4v) is 3.69. The summed E-state index contributed by atoms with van der Waals surface area (Å²) in [7, 11) is 1.65. The number of nitrogens with one attached hydrogen (secondary N) is 1. The number of hydrogen-bond acceptors (Lipinski definition) is 6. The number of rotatable bonds is 2. The number of anilines is 1. The first-order chi connectivity index (χ1) is 15.1. The zero-order valence-electron chi connectivity index (χ0n) is 18.5. The number of pyridine rings is 1. The summed E-state index contributed by atoms with van der Waals surface area (Å²) in [6, 6.07) is 7.12. The van der Waals surface area contributed by atoms with Crippen LogP contribution in [-0.4, -0.2) is 50.8 Å². The van der Waals surface area contributed by atoms with Gasteiger partial charge >= 0.3 is 6.09 Å². The van der Waals surface area contributed by atoms with Gasteiger partial charge in [-0.05, 0) is 39.7 Å². The Morgan fingerprint density at radius 3 is 2.84 bits per heavy atom. The largest absolute Gasteiger partial charge is 0.444 e. The normalized spacial score (nSPS) is 16.0. The van der Waals surface area contributed by atoms with E-state index >= 15 is 0 Å². The Hall–Kier alpha value is -3.44. The minimum absolute atomic E-state index is 0.309. The molecule has 2 unspecified atom stereocenters. The minimum Gasteiger partial charge on any atom is -0.444 e. The van der Waals surface area contributed by atoms with E-state index in [0.717, 1.165) is 16.5 Å². The van der Waals surface area contributed by atoms with Gasteiger partial charge in [0.05, 0.1) is 17.3 Å². The van der Waals surface area contributed by atoms with Crippen LogP contribution in [0.15, 0.2) is 30.5 Å². The number of aromatic nitrogens is 3. The number of fused-ring (bicyclic) bond motifs is 3. The second kappa shape index (κ2) is 7.92. The summed E-state index contributed by atoms with van der Waals surface area (Å²) in [5, 5.41) is 8.87. The van der Waals surface area contributed by atoms with Crippen molar-refractivity contribution in [1.82, 2.24) is 19.8 Å². The molecule has 2 bridgehead atoms. The fraction of sp³-hybridized carbons (Fsp3) is 0.348. The van der Waals surface area contributed by atoms with Gasteiger partial charge in [0.15, 0.2) is 0 Å². The summed E-state index contributed by atoms with van der Waals surface area (Å²) in [6.45, 7) is 7.28. The molecular formula is C23H24ClN5O3. The lowest BCUT2D eigenvalue weighted by atomic mass is 10.0. The molecule has 2 atom stereocenters. The number of para-hydroxylation sites is 1. The molecule has 1 amide bonds. The molecule has 1 aromatic carbocycles. The maximum Gasteiger partial charge on any atom is 0.410 e. The van der Waals surface area contributed by atoms with Gasteiger partial charge in [0, 0.05) is 23.6 Å². The summed E-state index contributed by atoms with van der Waals surface area (Å²) in [5.41, 5.74) is 1.93. The Bertz CT molecular complexity index is 1240. The SMILES string of the molecule is C#Cc1nc2cc(c1Cl)-c1cccc3cnn(c13)OC(C(C)N(C)C(=O)OC(C)(C)C)N2. The molecular weight excluding hydrogens is 430 g/mol. The molecule has 8 nitrogen and oxygen atoms in total. The monoisotopic (exact) mass is 453 g/mol. The molecule has 4 rings (SSSR count). The summed E-state index contributed by atoms with van der Waals surface area (Å²) in [5.74, 6) is 3.01. The Kier molecular flexibility index (Phi) is 5.39. The molecule has 0 aliphatic carbocycles. The van der Waals surface area contributed by atoms with Crippen molar-refractivity contribution in [2.24, 2.45) is 0 Å². The van der Waals surface area contributed by atoms with Crippen molar-refractivity contribution in [1.29, 1.82) is 0 Å². The van der Waals surface area contributed by atoms with Crippen molar-refractivity contribution in [2.45, 2.75) is 45.6 Å². The summed E-state index contributed by atoms with van der Waals surface area (Å²) in [6.07, 6.45) is 6.17. The Morgan fingerprint density at radius 1 is 1.41 bits per heavy atom. The number of ether oxygens (including phenoxy) is 1. The second-order valence-electron chi connectivity index (χ2n) is 8.63. The van der Waals surface area contributed by atoms with E-state index in [1.165, 1.54) is 9.75 Å². The number of nitrogens with zero attached hydrogens (tertiary/aromatic N) is 4. The zero-order chi connectivity index (χ0) is 23.2. The molecule has 3 heterocycles. The lowest BCUT2D eigenvalue weighted by Crippen LogP contribution is -2.52. The van der Waals surface area contributed by atoms with Crippen molar-refractivity contribution in [3.8, 4) is 23.5 Å². The average molecular weight is 454 g/mol. The van der Waals surface area contributed by atoms with Crippen molar-refractivity contribution >= 4 is 34.4 Å². The highest BCUT2D eigenvalue weighted by molar-refractivity contribution is 6.34. The average Bonchev–Trinajstić information content (AvgIpc) is 3.16. The fourth-order valence-electron chi connectivity index (χ4n) is 3.44. The van der Waals surface area contributed by atoms with E-state index in [0.29, 0.717) is 22.1 Å².